The molecule has 1 N–H and O–H groups in total. The van der Waals surface area contributed by atoms with Crippen molar-refractivity contribution < 1.29 is 19.0 Å². The number of thiazole rings is 1. The van der Waals surface area contributed by atoms with Gasteiger partial charge in [-0.1, -0.05) is 6.07 Å². The number of aromatic nitrogens is 1. The van der Waals surface area contributed by atoms with E-state index in [1.54, 1.807) is 35.8 Å². The number of nitrogens with one attached hydrogen (secondary N) is 1. The number of carbonyl (C=O) groups is 1. The van der Waals surface area contributed by atoms with Crippen molar-refractivity contribution in [3.63, 3.8) is 0 Å². The van der Waals surface area contributed by atoms with Crippen LogP contribution in [0.15, 0.2) is 53.4 Å². The summed E-state index contributed by atoms with van der Waals surface area (Å²) in [4.78, 5) is 16.8. The zero-order chi connectivity index (χ0) is 18.5. The van der Waals surface area contributed by atoms with Crippen LogP contribution in [0.5, 0.6) is 17.2 Å². The van der Waals surface area contributed by atoms with Gasteiger partial charge in [0.1, 0.15) is 12.4 Å². The van der Waals surface area contributed by atoms with Crippen LogP contribution >= 0.6 is 11.3 Å². The van der Waals surface area contributed by atoms with Crippen LogP contribution in [0.1, 0.15) is 22.5 Å². The van der Waals surface area contributed by atoms with Gasteiger partial charge in [0, 0.05) is 29.1 Å². The predicted octanol–water partition coefficient (Wildman–Crippen LogP) is 4.14. The summed E-state index contributed by atoms with van der Waals surface area (Å²) in [6.07, 6.45) is 0.837. The van der Waals surface area contributed by atoms with Gasteiger partial charge in [0.05, 0.1) is 24.4 Å². The third-order valence-electron chi connectivity index (χ3n) is 3.97. The van der Waals surface area contributed by atoms with Crippen molar-refractivity contribution in [2.45, 2.75) is 13.0 Å². The second-order valence-electron chi connectivity index (χ2n) is 5.96. The van der Waals surface area contributed by atoms with Gasteiger partial charge in [-0.3, -0.25) is 4.79 Å². The highest BCUT2D eigenvalue weighted by Gasteiger charge is 2.13. The van der Waals surface area contributed by atoms with Crippen molar-refractivity contribution in [2.24, 2.45) is 0 Å². The molecule has 0 bridgehead atoms. The Morgan fingerprint density at radius 1 is 1.15 bits per heavy atom. The van der Waals surface area contributed by atoms with Crippen molar-refractivity contribution >= 4 is 22.9 Å². The summed E-state index contributed by atoms with van der Waals surface area (Å²) in [7, 11) is 0. The van der Waals surface area contributed by atoms with Crippen molar-refractivity contribution in [1.29, 1.82) is 0 Å². The minimum Gasteiger partial charge on any atom is -0.490 e. The summed E-state index contributed by atoms with van der Waals surface area (Å²) < 4.78 is 17.0. The first-order valence-corrected chi connectivity index (χ1v) is 9.53. The van der Waals surface area contributed by atoms with E-state index in [1.165, 1.54) is 11.3 Å². The minimum atomic E-state index is -0.219. The fraction of sp³-hybridized carbons (Fsp3) is 0.200. The Hall–Kier alpha value is -3.06. The Morgan fingerprint density at radius 3 is 2.89 bits per heavy atom. The Morgan fingerprint density at radius 2 is 2.04 bits per heavy atom. The van der Waals surface area contributed by atoms with E-state index in [9.17, 15) is 4.79 Å². The molecule has 0 unspecified atom stereocenters. The second-order valence-corrected chi connectivity index (χ2v) is 6.68. The molecule has 0 aliphatic carbocycles. The number of amides is 1. The van der Waals surface area contributed by atoms with Crippen LogP contribution in [0.4, 0.5) is 5.69 Å². The maximum Gasteiger partial charge on any atom is 0.255 e. The molecule has 0 atom stereocenters. The first kappa shape index (κ1) is 17.4. The zero-order valence-corrected chi connectivity index (χ0v) is 15.3. The van der Waals surface area contributed by atoms with Gasteiger partial charge in [0.25, 0.3) is 5.91 Å². The van der Waals surface area contributed by atoms with Crippen LogP contribution in [0.3, 0.4) is 0 Å². The van der Waals surface area contributed by atoms with Crippen LogP contribution in [0, 0.1) is 0 Å². The Bertz CT molecular complexity index is 927. The normalized spacial score (nSPS) is 12.9. The molecule has 27 heavy (non-hydrogen) atoms. The zero-order valence-electron chi connectivity index (χ0n) is 14.5. The van der Waals surface area contributed by atoms with Gasteiger partial charge in [-0.25, -0.2) is 4.98 Å². The van der Waals surface area contributed by atoms with Crippen molar-refractivity contribution in [1.82, 2.24) is 4.98 Å². The standard InChI is InChI=1S/C20H18N2O4S/c23-20(22-15-5-6-18-19(10-15)25-8-2-7-24-18)14-3-1-4-17(9-14)26-11-16-12-27-13-21-16/h1,3-6,9-10,12-13H,2,7-8,11H2,(H,22,23). The summed E-state index contributed by atoms with van der Waals surface area (Å²) in [6, 6.07) is 12.5. The molecule has 0 saturated carbocycles. The van der Waals surface area contributed by atoms with Crippen LogP contribution in [0.2, 0.25) is 0 Å². The Balaban J connectivity index is 1.43. The molecular formula is C20H18N2O4S. The monoisotopic (exact) mass is 382 g/mol. The molecule has 0 fully saturated rings. The van der Waals surface area contributed by atoms with E-state index in [0.717, 1.165) is 12.1 Å². The fourth-order valence-electron chi connectivity index (χ4n) is 2.64. The lowest BCUT2D eigenvalue weighted by Gasteiger charge is -2.11. The summed E-state index contributed by atoms with van der Waals surface area (Å²) in [5, 5.41) is 4.82. The molecule has 1 aliphatic heterocycles. The lowest BCUT2D eigenvalue weighted by molar-refractivity contribution is 0.102. The quantitative estimate of drug-likeness (QED) is 0.718. The van der Waals surface area contributed by atoms with Gasteiger partial charge in [-0.15, -0.1) is 11.3 Å². The van der Waals surface area contributed by atoms with Gasteiger partial charge < -0.3 is 19.5 Å². The third kappa shape index (κ3) is 4.38. The maximum atomic E-state index is 12.6. The number of rotatable bonds is 5. The Kier molecular flexibility index (Phi) is 5.20. The number of carbonyl (C=O) groups excluding carboxylic acids is 1. The molecule has 138 valence electrons. The lowest BCUT2D eigenvalue weighted by atomic mass is 10.2. The fourth-order valence-corrected chi connectivity index (χ4v) is 3.18. The van der Waals surface area contributed by atoms with Crippen LogP contribution in [-0.4, -0.2) is 24.1 Å². The van der Waals surface area contributed by atoms with E-state index in [1.807, 2.05) is 17.5 Å². The predicted molar refractivity (Wildman–Crippen MR) is 103 cm³/mol. The highest BCUT2D eigenvalue weighted by molar-refractivity contribution is 7.07. The summed E-state index contributed by atoms with van der Waals surface area (Å²) in [5.41, 5.74) is 3.79. The molecule has 2 aromatic carbocycles. The van der Waals surface area contributed by atoms with E-state index in [0.29, 0.717) is 48.3 Å². The summed E-state index contributed by atoms with van der Waals surface area (Å²) in [6.45, 7) is 1.60. The molecule has 1 amide bonds. The molecule has 0 saturated heterocycles. The molecule has 7 heteroatoms. The second kappa shape index (κ2) is 8.09. The number of hydrogen-bond donors (Lipinski definition) is 1. The van der Waals surface area contributed by atoms with Crippen molar-refractivity contribution in [2.75, 3.05) is 18.5 Å². The third-order valence-corrected chi connectivity index (χ3v) is 4.61. The molecule has 4 rings (SSSR count). The molecule has 2 heterocycles. The highest BCUT2D eigenvalue weighted by atomic mass is 32.1. The van der Waals surface area contributed by atoms with Gasteiger partial charge in [0.15, 0.2) is 11.5 Å². The number of anilines is 1. The minimum absolute atomic E-state index is 0.219. The van der Waals surface area contributed by atoms with E-state index in [4.69, 9.17) is 14.2 Å². The van der Waals surface area contributed by atoms with E-state index >= 15 is 0 Å². The van der Waals surface area contributed by atoms with E-state index in [-0.39, 0.29) is 5.91 Å². The smallest absolute Gasteiger partial charge is 0.255 e. The topological polar surface area (TPSA) is 69.7 Å². The maximum absolute atomic E-state index is 12.6. The van der Waals surface area contributed by atoms with Crippen molar-refractivity contribution in [3.8, 4) is 17.2 Å². The molecule has 0 spiro atoms. The van der Waals surface area contributed by atoms with Crippen LogP contribution < -0.4 is 19.5 Å². The molecule has 3 aromatic rings. The molecule has 1 aliphatic rings. The molecule has 0 radical (unpaired) electrons. The number of benzene rings is 2. The van der Waals surface area contributed by atoms with Gasteiger partial charge in [-0.05, 0) is 30.3 Å². The first-order chi connectivity index (χ1) is 13.3. The van der Waals surface area contributed by atoms with Gasteiger partial charge in [-0.2, -0.15) is 0 Å². The number of fused-ring (bicyclic) bond motifs is 1. The largest absolute Gasteiger partial charge is 0.490 e. The Labute approximate surface area is 160 Å². The van der Waals surface area contributed by atoms with E-state index < -0.39 is 0 Å². The molecular weight excluding hydrogens is 364 g/mol. The number of hydrogen-bond acceptors (Lipinski definition) is 6. The summed E-state index contributed by atoms with van der Waals surface area (Å²) in [5.74, 6) is 1.74. The average Bonchev–Trinajstić information content (AvgIpc) is 3.11. The summed E-state index contributed by atoms with van der Waals surface area (Å²) >= 11 is 1.52. The van der Waals surface area contributed by atoms with Crippen LogP contribution in [0.25, 0.3) is 0 Å². The van der Waals surface area contributed by atoms with Crippen LogP contribution in [-0.2, 0) is 6.61 Å². The first-order valence-electron chi connectivity index (χ1n) is 8.59. The molecule has 6 nitrogen and oxygen atoms in total. The van der Waals surface area contributed by atoms with Crippen molar-refractivity contribution in [3.05, 3.63) is 64.6 Å². The highest BCUT2D eigenvalue weighted by Crippen LogP contribution is 2.32. The number of nitrogens with zero attached hydrogens (tertiary/aromatic N) is 1. The number of ether oxygens (including phenoxy) is 3. The molecule has 1 aromatic heterocycles. The van der Waals surface area contributed by atoms with Gasteiger partial charge >= 0.3 is 0 Å². The lowest BCUT2D eigenvalue weighted by Crippen LogP contribution is -2.12. The SMILES string of the molecule is O=C(Nc1ccc2c(c1)OCCCO2)c1cccc(OCc2cscn2)c1. The van der Waals surface area contributed by atoms with Gasteiger partial charge in [0.2, 0.25) is 0 Å². The average molecular weight is 382 g/mol. The van der Waals surface area contributed by atoms with E-state index in [2.05, 4.69) is 10.3 Å².